The molecule has 15 aromatic rings. The summed E-state index contributed by atoms with van der Waals surface area (Å²) in [6, 6.07) is 96.7. The van der Waals surface area contributed by atoms with Crippen molar-refractivity contribution >= 4 is 110 Å². The molecular weight excluding hydrogens is 961 g/mol. The van der Waals surface area contributed by atoms with Crippen molar-refractivity contribution in [1.29, 1.82) is 0 Å². The van der Waals surface area contributed by atoms with Gasteiger partial charge in [-0.3, -0.25) is 0 Å². The van der Waals surface area contributed by atoms with Crippen LogP contribution in [0.4, 0.5) is 34.1 Å². The number of benzene rings is 13. The predicted octanol–water partition coefficient (Wildman–Crippen LogP) is 21.5. The lowest BCUT2D eigenvalue weighted by Gasteiger charge is -2.27. The second-order valence-electron chi connectivity index (χ2n) is 21.5. The predicted molar refractivity (Wildman–Crippen MR) is 331 cm³/mol. The van der Waals surface area contributed by atoms with Gasteiger partial charge in [0.1, 0.15) is 11.2 Å². The van der Waals surface area contributed by atoms with Gasteiger partial charge < -0.3 is 18.6 Å². The quantitative estimate of drug-likeness (QED) is 0.142. The molecule has 372 valence electrons. The Morgan fingerprint density at radius 1 is 0.291 bits per heavy atom. The van der Waals surface area contributed by atoms with Gasteiger partial charge in [0.05, 0.1) is 11.4 Å². The number of anilines is 6. The maximum Gasteiger partial charge on any atom is 0.159 e. The Hall–Kier alpha value is -10.2. The van der Waals surface area contributed by atoms with Gasteiger partial charge in [0, 0.05) is 49.7 Å². The molecule has 0 spiro atoms. The van der Waals surface area contributed by atoms with Crippen molar-refractivity contribution in [2.24, 2.45) is 0 Å². The second-order valence-corrected chi connectivity index (χ2v) is 21.5. The van der Waals surface area contributed by atoms with E-state index in [1.807, 2.05) is 12.1 Å². The van der Waals surface area contributed by atoms with E-state index in [2.05, 4.69) is 278 Å². The zero-order valence-electron chi connectivity index (χ0n) is 43.6. The number of nitrogens with zero attached hydrogens (tertiary/aromatic N) is 2. The molecule has 4 nitrogen and oxygen atoms in total. The number of hydrogen-bond acceptors (Lipinski definition) is 4. The first-order valence-corrected chi connectivity index (χ1v) is 27.2. The van der Waals surface area contributed by atoms with Gasteiger partial charge in [0.2, 0.25) is 0 Å². The Kier molecular flexibility index (Phi) is 9.95. The number of furan rings is 2. The van der Waals surface area contributed by atoms with E-state index in [9.17, 15) is 0 Å². The molecule has 4 heteroatoms. The SMILES string of the molecule is CC1(C)c2cc(-c3cccc(N(c4ccccc4)c4cccc5c4oc4ccccc45)c3)c3ccccc3c2-c2c1c1ccc(-c3cccc(N(c4ccccc4)c4cccc5c4oc4ccccc45)c3)cc1c1ccccc21. The van der Waals surface area contributed by atoms with Crippen molar-refractivity contribution in [3.8, 4) is 33.4 Å². The van der Waals surface area contributed by atoms with Crippen molar-refractivity contribution in [2.75, 3.05) is 9.80 Å². The highest BCUT2D eigenvalue weighted by molar-refractivity contribution is 6.23. The molecule has 1 aliphatic carbocycles. The lowest BCUT2D eigenvalue weighted by Crippen LogP contribution is -2.16. The molecule has 2 heterocycles. The van der Waals surface area contributed by atoms with Crippen LogP contribution in [0.2, 0.25) is 0 Å². The van der Waals surface area contributed by atoms with Gasteiger partial charge >= 0.3 is 0 Å². The standard InChI is InChI=1S/C75H50N2O2/c1-75(2)65-46-63(49-22-18-28-53(44-49)77(51-25-7-4-8-26-51)67-38-20-36-62-57-32-14-16-40-69(57)79-74(62)67)54-29-9-11-33-58(54)70(65)71-59-34-12-10-30-55(59)64-45-48(41-42-60(64)72(71)75)47-21-17-27-52(43-47)76(50-23-5-3-6-24-50)66-37-19-35-61-56-31-13-15-39-68(56)78-73(61)66/h3-46H,1-2H3. The van der Waals surface area contributed by atoms with E-state index in [0.717, 1.165) is 94.7 Å². The van der Waals surface area contributed by atoms with Crippen LogP contribution in [-0.2, 0) is 5.41 Å². The molecule has 0 fully saturated rings. The molecule has 79 heavy (non-hydrogen) atoms. The largest absolute Gasteiger partial charge is 0.454 e. The first-order valence-electron chi connectivity index (χ1n) is 27.2. The van der Waals surface area contributed by atoms with Crippen LogP contribution in [-0.4, -0.2) is 0 Å². The highest BCUT2D eigenvalue weighted by Gasteiger charge is 2.40. The highest BCUT2D eigenvalue weighted by atomic mass is 16.3. The lowest BCUT2D eigenvalue weighted by molar-refractivity contribution is 0.667. The molecule has 1 aliphatic rings. The fourth-order valence-corrected chi connectivity index (χ4v) is 13.3. The smallest absolute Gasteiger partial charge is 0.159 e. The summed E-state index contributed by atoms with van der Waals surface area (Å²) in [5.41, 5.74) is 19.4. The average Bonchev–Trinajstić information content (AvgIpc) is 3.48. The Morgan fingerprint density at radius 2 is 0.734 bits per heavy atom. The molecule has 0 saturated heterocycles. The van der Waals surface area contributed by atoms with Gasteiger partial charge in [-0.25, -0.2) is 0 Å². The zero-order chi connectivity index (χ0) is 52.3. The van der Waals surface area contributed by atoms with Gasteiger partial charge in [0.25, 0.3) is 0 Å². The van der Waals surface area contributed by atoms with E-state index < -0.39 is 0 Å². The Morgan fingerprint density at radius 3 is 1.33 bits per heavy atom. The van der Waals surface area contributed by atoms with Gasteiger partial charge in [-0.05, 0) is 162 Å². The number of fused-ring (bicyclic) bond motifs is 16. The van der Waals surface area contributed by atoms with Crippen LogP contribution >= 0.6 is 0 Å². The molecule has 0 unspecified atom stereocenters. The second kappa shape index (κ2) is 17.4. The van der Waals surface area contributed by atoms with Crippen LogP contribution in [0.5, 0.6) is 0 Å². The lowest BCUT2D eigenvalue weighted by atomic mass is 9.78. The van der Waals surface area contributed by atoms with Gasteiger partial charge in [-0.1, -0.05) is 196 Å². The topological polar surface area (TPSA) is 32.8 Å². The van der Waals surface area contributed by atoms with Crippen LogP contribution in [0.1, 0.15) is 25.0 Å². The van der Waals surface area contributed by atoms with Crippen LogP contribution in [0, 0.1) is 0 Å². The monoisotopic (exact) mass is 1010 g/mol. The third kappa shape index (κ3) is 6.87. The molecule has 2 aromatic heterocycles. The van der Waals surface area contributed by atoms with Crippen molar-refractivity contribution in [2.45, 2.75) is 19.3 Å². The molecule has 0 amide bonds. The Balaban J connectivity index is 0.843. The van der Waals surface area contributed by atoms with E-state index in [0.29, 0.717) is 0 Å². The molecule has 0 atom stereocenters. The van der Waals surface area contributed by atoms with Crippen LogP contribution in [0.3, 0.4) is 0 Å². The zero-order valence-corrected chi connectivity index (χ0v) is 43.6. The van der Waals surface area contributed by atoms with Crippen LogP contribution < -0.4 is 9.80 Å². The number of para-hydroxylation sites is 6. The third-order valence-electron chi connectivity index (χ3n) is 16.7. The maximum atomic E-state index is 6.69. The first-order chi connectivity index (χ1) is 39.0. The minimum absolute atomic E-state index is 0.342. The number of hydrogen-bond donors (Lipinski definition) is 0. The maximum absolute atomic E-state index is 6.69. The molecule has 0 aliphatic heterocycles. The fraction of sp³-hybridized carbons (Fsp3) is 0.0400. The third-order valence-corrected chi connectivity index (χ3v) is 16.7. The van der Waals surface area contributed by atoms with E-state index >= 15 is 0 Å². The molecule has 16 rings (SSSR count). The summed E-state index contributed by atoms with van der Waals surface area (Å²) in [6.07, 6.45) is 0. The van der Waals surface area contributed by atoms with Crippen molar-refractivity contribution in [1.82, 2.24) is 0 Å². The van der Waals surface area contributed by atoms with Crippen LogP contribution in [0.25, 0.3) is 110 Å². The minimum Gasteiger partial charge on any atom is -0.454 e. The van der Waals surface area contributed by atoms with E-state index in [1.54, 1.807) is 0 Å². The van der Waals surface area contributed by atoms with Gasteiger partial charge in [-0.2, -0.15) is 0 Å². The summed E-state index contributed by atoms with van der Waals surface area (Å²) in [5, 5.41) is 12.0. The molecule has 13 aromatic carbocycles. The van der Waals surface area contributed by atoms with Crippen molar-refractivity contribution in [3.05, 3.63) is 278 Å². The van der Waals surface area contributed by atoms with Crippen molar-refractivity contribution < 1.29 is 8.83 Å². The number of rotatable bonds is 8. The van der Waals surface area contributed by atoms with Gasteiger partial charge in [0.15, 0.2) is 11.2 Å². The van der Waals surface area contributed by atoms with Gasteiger partial charge in [-0.15, -0.1) is 0 Å². The summed E-state index contributed by atoms with van der Waals surface area (Å²) in [5.74, 6) is 0. The van der Waals surface area contributed by atoms with Crippen LogP contribution in [0.15, 0.2) is 276 Å². The molecule has 0 N–H and O–H groups in total. The molecule has 0 saturated carbocycles. The Labute approximate surface area is 457 Å². The molecular formula is C75H50N2O2. The normalized spacial score (nSPS) is 12.8. The summed E-state index contributed by atoms with van der Waals surface area (Å²) in [6.45, 7) is 4.87. The van der Waals surface area contributed by atoms with E-state index in [-0.39, 0.29) is 5.41 Å². The highest BCUT2D eigenvalue weighted by Crippen LogP contribution is 2.58. The average molecular weight is 1010 g/mol. The molecule has 0 radical (unpaired) electrons. The summed E-state index contributed by atoms with van der Waals surface area (Å²) in [7, 11) is 0. The van der Waals surface area contributed by atoms with Crippen molar-refractivity contribution in [3.63, 3.8) is 0 Å². The van der Waals surface area contributed by atoms with E-state index in [1.165, 1.54) is 60.1 Å². The Bertz CT molecular complexity index is 4950. The molecule has 0 bridgehead atoms. The summed E-state index contributed by atoms with van der Waals surface area (Å²) < 4.78 is 13.3. The summed E-state index contributed by atoms with van der Waals surface area (Å²) in [4.78, 5) is 4.67. The summed E-state index contributed by atoms with van der Waals surface area (Å²) >= 11 is 0. The van der Waals surface area contributed by atoms with E-state index in [4.69, 9.17) is 8.83 Å². The fourth-order valence-electron chi connectivity index (χ4n) is 13.3. The minimum atomic E-state index is -0.342. The first kappa shape index (κ1) is 45.1.